The third-order valence-corrected chi connectivity index (χ3v) is 4.21. The number of aryl methyl sites for hydroxylation is 2. The Morgan fingerprint density at radius 3 is 2.64 bits per heavy atom. The van der Waals surface area contributed by atoms with Crippen LogP contribution in [0, 0.1) is 0 Å². The van der Waals surface area contributed by atoms with Crippen LogP contribution >= 0.6 is 0 Å². The van der Waals surface area contributed by atoms with E-state index in [0.717, 1.165) is 56.2 Å². The molecule has 2 N–H and O–H groups in total. The van der Waals surface area contributed by atoms with E-state index in [1.807, 2.05) is 23.9 Å². The third kappa shape index (κ3) is 5.37. The van der Waals surface area contributed by atoms with Crippen molar-refractivity contribution in [3.8, 4) is 0 Å². The minimum absolute atomic E-state index is 0.653. The van der Waals surface area contributed by atoms with Gasteiger partial charge in [0.2, 0.25) is 0 Å². The van der Waals surface area contributed by atoms with E-state index in [1.54, 1.807) is 6.26 Å². The van der Waals surface area contributed by atoms with Gasteiger partial charge in [0, 0.05) is 37.8 Å². The molecule has 2 aromatic rings. The van der Waals surface area contributed by atoms with Crippen molar-refractivity contribution in [1.29, 1.82) is 0 Å². The largest absolute Gasteiger partial charge is 0.469 e. The summed E-state index contributed by atoms with van der Waals surface area (Å²) in [4.78, 5) is 4.79. The number of aliphatic imine (C=N–C) groups is 1. The van der Waals surface area contributed by atoms with Gasteiger partial charge < -0.3 is 15.1 Å². The van der Waals surface area contributed by atoms with Crippen LogP contribution in [0.4, 0.5) is 0 Å². The number of hydrogen-bond acceptors (Lipinski definition) is 3. The van der Waals surface area contributed by atoms with Crippen LogP contribution in [-0.4, -0.2) is 28.8 Å². The Hall–Kier alpha value is -2.24. The van der Waals surface area contributed by atoms with Gasteiger partial charge in [0.1, 0.15) is 5.76 Å². The van der Waals surface area contributed by atoms with Crippen molar-refractivity contribution in [2.45, 2.75) is 53.0 Å². The van der Waals surface area contributed by atoms with Gasteiger partial charge in [0.15, 0.2) is 5.96 Å². The second kappa shape index (κ2) is 9.91. The van der Waals surface area contributed by atoms with Crippen LogP contribution in [0.3, 0.4) is 0 Å². The van der Waals surface area contributed by atoms with Gasteiger partial charge >= 0.3 is 0 Å². The summed E-state index contributed by atoms with van der Waals surface area (Å²) in [6.45, 7) is 8.81. The standard InChI is InChI=1S/C19H31N5O/c1-5-11-20-19(21-12-10-15-9-8-13-25-15)22-14-16-17(6-2)23-24(4)18(16)7-3/h8-9,13H,5-7,10-12,14H2,1-4H3,(H2,20,21,22). The molecule has 0 aromatic carbocycles. The molecule has 6 heteroatoms. The SMILES string of the molecule is CCCNC(=NCc1c(CC)nn(C)c1CC)NCCc1ccco1. The Morgan fingerprint density at radius 2 is 2.00 bits per heavy atom. The highest BCUT2D eigenvalue weighted by molar-refractivity contribution is 5.79. The molecule has 0 fully saturated rings. The molecule has 0 radical (unpaired) electrons. The van der Waals surface area contributed by atoms with Crippen molar-refractivity contribution in [2.75, 3.05) is 13.1 Å². The van der Waals surface area contributed by atoms with Crippen LogP contribution in [0.25, 0.3) is 0 Å². The highest BCUT2D eigenvalue weighted by Crippen LogP contribution is 2.16. The van der Waals surface area contributed by atoms with E-state index in [2.05, 4.69) is 36.5 Å². The van der Waals surface area contributed by atoms with Crippen LogP contribution in [0.1, 0.15) is 49.9 Å². The van der Waals surface area contributed by atoms with Crippen molar-refractivity contribution >= 4 is 5.96 Å². The molecule has 0 aliphatic carbocycles. The fraction of sp³-hybridized carbons (Fsp3) is 0.579. The highest BCUT2D eigenvalue weighted by Gasteiger charge is 2.13. The van der Waals surface area contributed by atoms with E-state index in [1.165, 1.54) is 11.3 Å². The predicted octanol–water partition coefficient (Wildman–Crippen LogP) is 2.83. The number of guanidine groups is 1. The van der Waals surface area contributed by atoms with Crippen molar-refractivity contribution in [1.82, 2.24) is 20.4 Å². The molecule has 0 unspecified atom stereocenters. The Bertz CT molecular complexity index is 658. The van der Waals surface area contributed by atoms with Crippen LogP contribution < -0.4 is 10.6 Å². The summed E-state index contributed by atoms with van der Waals surface area (Å²) in [7, 11) is 2.02. The zero-order chi connectivity index (χ0) is 18.1. The molecule has 0 spiro atoms. The number of furan rings is 1. The first-order valence-electron chi connectivity index (χ1n) is 9.27. The van der Waals surface area contributed by atoms with Gasteiger partial charge in [-0.15, -0.1) is 0 Å². The maximum Gasteiger partial charge on any atom is 0.191 e. The molecule has 0 aliphatic rings. The van der Waals surface area contributed by atoms with Crippen LogP contribution in [0.15, 0.2) is 27.8 Å². The van der Waals surface area contributed by atoms with Gasteiger partial charge in [0.25, 0.3) is 0 Å². The monoisotopic (exact) mass is 345 g/mol. The molecule has 2 rings (SSSR count). The summed E-state index contributed by atoms with van der Waals surface area (Å²) in [6, 6.07) is 3.91. The quantitative estimate of drug-likeness (QED) is 0.542. The molecular formula is C19H31N5O. The summed E-state index contributed by atoms with van der Waals surface area (Å²) in [6.07, 6.45) is 5.51. The van der Waals surface area contributed by atoms with E-state index in [-0.39, 0.29) is 0 Å². The first-order valence-corrected chi connectivity index (χ1v) is 9.27. The molecule has 0 atom stereocenters. The Kier molecular flexibility index (Phi) is 7.57. The smallest absolute Gasteiger partial charge is 0.191 e. The molecular weight excluding hydrogens is 314 g/mol. The number of aromatic nitrogens is 2. The predicted molar refractivity (Wildman–Crippen MR) is 102 cm³/mol. The molecule has 138 valence electrons. The van der Waals surface area contributed by atoms with Crippen LogP contribution in [0.2, 0.25) is 0 Å². The van der Waals surface area contributed by atoms with Gasteiger partial charge in [-0.3, -0.25) is 4.68 Å². The molecule has 0 bridgehead atoms. The normalized spacial score (nSPS) is 11.8. The topological polar surface area (TPSA) is 67.4 Å². The fourth-order valence-corrected chi connectivity index (χ4v) is 2.91. The number of nitrogens with zero attached hydrogens (tertiary/aromatic N) is 3. The van der Waals surface area contributed by atoms with Gasteiger partial charge in [-0.05, 0) is 31.4 Å². The average Bonchev–Trinajstić information content (AvgIpc) is 3.23. The van der Waals surface area contributed by atoms with Crippen LogP contribution in [0.5, 0.6) is 0 Å². The second-order valence-corrected chi connectivity index (χ2v) is 6.05. The molecule has 0 saturated carbocycles. The molecule has 2 heterocycles. The maximum absolute atomic E-state index is 5.38. The maximum atomic E-state index is 5.38. The Labute approximate surface area is 150 Å². The third-order valence-electron chi connectivity index (χ3n) is 4.21. The van der Waals surface area contributed by atoms with Crippen molar-refractivity contribution in [2.24, 2.45) is 12.0 Å². The minimum Gasteiger partial charge on any atom is -0.469 e. The lowest BCUT2D eigenvalue weighted by molar-refractivity contribution is 0.506. The van der Waals surface area contributed by atoms with E-state index in [9.17, 15) is 0 Å². The lowest BCUT2D eigenvalue weighted by Gasteiger charge is -2.12. The van der Waals surface area contributed by atoms with E-state index in [4.69, 9.17) is 9.41 Å². The molecule has 25 heavy (non-hydrogen) atoms. The van der Waals surface area contributed by atoms with Crippen molar-refractivity contribution in [3.63, 3.8) is 0 Å². The van der Waals surface area contributed by atoms with Gasteiger partial charge in [-0.1, -0.05) is 20.8 Å². The molecule has 0 amide bonds. The zero-order valence-electron chi connectivity index (χ0n) is 15.9. The summed E-state index contributed by atoms with van der Waals surface area (Å²) < 4.78 is 7.37. The lowest BCUT2D eigenvalue weighted by Crippen LogP contribution is -2.38. The first kappa shape index (κ1) is 19.1. The van der Waals surface area contributed by atoms with Gasteiger partial charge in [-0.2, -0.15) is 5.10 Å². The number of rotatable bonds is 9. The lowest BCUT2D eigenvalue weighted by atomic mass is 10.1. The van der Waals surface area contributed by atoms with Gasteiger partial charge in [0.05, 0.1) is 18.5 Å². The Balaban J connectivity index is 2.03. The average molecular weight is 345 g/mol. The fourth-order valence-electron chi connectivity index (χ4n) is 2.91. The van der Waals surface area contributed by atoms with Gasteiger partial charge in [-0.25, -0.2) is 4.99 Å². The molecule has 0 aliphatic heterocycles. The molecule has 6 nitrogen and oxygen atoms in total. The summed E-state index contributed by atoms with van der Waals surface area (Å²) in [5, 5.41) is 11.4. The Morgan fingerprint density at radius 1 is 1.20 bits per heavy atom. The van der Waals surface area contributed by atoms with Crippen molar-refractivity contribution < 1.29 is 4.42 Å². The molecule has 2 aromatic heterocycles. The van der Waals surface area contributed by atoms with Crippen LogP contribution in [-0.2, 0) is 32.9 Å². The first-order chi connectivity index (χ1) is 12.2. The van der Waals surface area contributed by atoms with E-state index in [0.29, 0.717) is 6.54 Å². The second-order valence-electron chi connectivity index (χ2n) is 6.05. The highest BCUT2D eigenvalue weighted by atomic mass is 16.3. The summed E-state index contributed by atoms with van der Waals surface area (Å²) in [5.41, 5.74) is 3.68. The number of hydrogen-bond donors (Lipinski definition) is 2. The summed E-state index contributed by atoms with van der Waals surface area (Å²) >= 11 is 0. The zero-order valence-corrected chi connectivity index (χ0v) is 15.9. The van der Waals surface area contributed by atoms with E-state index >= 15 is 0 Å². The number of nitrogens with one attached hydrogen (secondary N) is 2. The minimum atomic E-state index is 0.653. The van der Waals surface area contributed by atoms with E-state index < -0.39 is 0 Å². The van der Waals surface area contributed by atoms with Crippen molar-refractivity contribution in [3.05, 3.63) is 41.1 Å². The summed E-state index contributed by atoms with van der Waals surface area (Å²) in [5.74, 6) is 1.83. The molecule has 0 saturated heterocycles.